The molecule has 3 rings (SSSR count). The molecule has 1 aromatic heterocycles. The Hall–Kier alpha value is -1.85. The van der Waals surface area contributed by atoms with E-state index in [1.165, 1.54) is 0 Å². The summed E-state index contributed by atoms with van der Waals surface area (Å²) in [6.07, 6.45) is 0. The fraction of sp³-hybridized carbons (Fsp3) is 0.154. The van der Waals surface area contributed by atoms with Crippen molar-refractivity contribution in [3.05, 3.63) is 40.3 Å². The molecule has 1 N–H and O–H groups in total. The van der Waals surface area contributed by atoms with Crippen LogP contribution < -0.4 is 10.2 Å². The molecule has 1 aliphatic rings. The molecule has 0 bridgehead atoms. The van der Waals surface area contributed by atoms with Gasteiger partial charge in [0.05, 0.1) is 5.69 Å². The topological polar surface area (TPSA) is 58.1 Å². The molecule has 0 spiro atoms. The summed E-state index contributed by atoms with van der Waals surface area (Å²) in [4.78, 5) is 21.9. The van der Waals surface area contributed by atoms with Gasteiger partial charge in [0.25, 0.3) is 0 Å². The Labute approximate surface area is 125 Å². The maximum absolute atomic E-state index is 11.9. The number of halogens is 2. The van der Waals surface area contributed by atoms with Crippen molar-refractivity contribution in [1.29, 1.82) is 0 Å². The maximum Gasteiger partial charge on any atom is 0.244 e. The number of anilines is 3. The van der Waals surface area contributed by atoms with Crippen molar-refractivity contribution < 1.29 is 4.79 Å². The summed E-state index contributed by atoms with van der Waals surface area (Å²) in [5.41, 5.74) is 1.98. The molecule has 0 saturated heterocycles. The molecule has 0 fully saturated rings. The number of hydrogen-bond donors (Lipinski definition) is 1. The van der Waals surface area contributed by atoms with Gasteiger partial charge in [-0.3, -0.25) is 4.79 Å². The van der Waals surface area contributed by atoms with Gasteiger partial charge in [-0.15, -0.1) is 0 Å². The highest BCUT2D eigenvalue weighted by Gasteiger charge is 2.27. The summed E-state index contributed by atoms with van der Waals surface area (Å²) in [5, 5.41) is 3.51. The Bertz CT molecular complexity index is 705. The first kappa shape index (κ1) is 13.1. The minimum atomic E-state index is -0.133. The van der Waals surface area contributed by atoms with E-state index in [1.54, 1.807) is 24.0 Å². The second-order valence-electron chi connectivity index (χ2n) is 4.39. The maximum atomic E-state index is 11.9. The van der Waals surface area contributed by atoms with Crippen LogP contribution in [0.5, 0.6) is 0 Å². The fourth-order valence-corrected chi connectivity index (χ4v) is 2.51. The van der Waals surface area contributed by atoms with Gasteiger partial charge in [0.15, 0.2) is 5.82 Å². The zero-order valence-electron chi connectivity index (χ0n) is 10.5. The number of aryl methyl sites for hydroxylation is 1. The van der Waals surface area contributed by atoms with E-state index in [1.807, 2.05) is 12.1 Å². The first-order chi connectivity index (χ1) is 9.54. The molecule has 2 heterocycles. The molecular formula is C13H10Cl2N4O. The number of aromatic nitrogens is 2. The van der Waals surface area contributed by atoms with Crippen LogP contribution in [0.1, 0.15) is 5.69 Å². The average molecular weight is 309 g/mol. The summed E-state index contributed by atoms with van der Waals surface area (Å²) < 4.78 is 0. The molecule has 0 radical (unpaired) electrons. The molecule has 0 aliphatic carbocycles. The van der Waals surface area contributed by atoms with Gasteiger partial charge in [-0.25, -0.2) is 4.98 Å². The van der Waals surface area contributed by atoms with Crippen LogP contribution in [0.4, 0.5) is 17.2 Å². The zero-order valence-corrected chi connectivity index (χ0v) is 12.0. The Morgan fingerprint density at radius 2 is 2.10 bits per heavy atom. The molecule has 0 unspecified atom stereocenters. The van der Waals surface area contributed by atoms with E-state index < -0.39 is 0 Å². The van der Waals surface area contributed by atoms with Gasteiger partial charge in [0.1, 0.15) is 12.2 Å². The lowest BCUT2D eigenvalue weighted by molar-refractivity contribution is -0.115. The molecule has 5 nitrogen and oxygen atoms in total. The molecule has 7 heteroatoms. The van der Waals surface area contributed by atoms with E-state index in [-0.39, 0.29) is 17.7 Å². The van der Waals surface area contributed by atoms with Crippen LogP contribution in [0.3, 0.4) is 0 Å². The number of nitrogens with one attached hydrogen (secondary N) is 1. The van der Waals surface area contributed by atoms with Gasteiger partial charge in [-0.1, -0.05) is 17.7 Å². The number of nitrogens with zero attached hydrogens (tertiary/aromatic N) is 3. The van der Waals surface area contributed by atoms with Gasteiger partial charge in [-0.2, -0.15) is 4.98 Å². The Morgan fingerprint density at radius 1 is 1.30 bits per heavy atom. The monoisotopic (exact) mass is 308 g/mol. The number of amides is 1. The number of hydrogen-bond acceptors (Lipinski definition) is 4. The number of carbonyl (C=O) groups is 1. The molecule has 102 valence electrons. The van der Waals surface area contributed by atoms with E-state index in [0.29, 0.717) is 22.2 Å². The second kappa shape index (κ2) is 4.92. The first-order valence-electron chi connectivity index (χ1n) is 5.91. The molecule has 20 heavy (non-hydrogen) atoms. The standard InChI is InChI=1S/C13H10Cl2N4O/c1-7-11-12(18-13(15)16-7)19(6-10(20)17-11)9-4-2-3-8(14)5-9/h2-5H,6H2,1H3,(H,17,20). The van der Waals surface area contributed by atoms with E-state index in [9.17, 15) is 4.79 Å². The van der Waals surface area contributed by atoms with Crippen molar-refractivity contribution in [2.75, 3.05) is 16.8 Å². The van der Waals surface area contributed by atoms with Crippen LogP contribution in [0.25, 0.3) is 0 Å². The predicted octanol–water partition coefficient (Wildman–Crippen LogP) is 3.18. The third kappa shape index (κ3) is 2.30. The third-order valence-corrected chi connectivity index (χ3v) is 3.39. The van der Waals surface area contributed by atoms with Gasteiger partial charge in [0, 0.05) is 10.7 Å². The lowest BCUT2D eigenvalue weighted by atomic mass is 10.2. The Balaban J connectivity index is 2.17. The normalized spacial score (nSPS) is 13.9. The highest BCUT2D eigenvalue weighted by atomic mass is 35.5. The van der Waals surface area contributed by atoms with E-state index in [2.05, 4.69) is 15.3 Å². The van der Waals surface area contributed by atoms with Crippen LogP contribution in [0.15, 0.2) is 24.3 Å². The summed E-state index contributed by atoms with van der Waals surface area (Å²) >= 11 is 11.9. The lowest BCUT2D eigenvalue weighted by Gasteiger charge is -2.30. The van der Waals surface area contributed by atoms with Gasteiger partial charge >= 0.3 is 0 Å². The van der Waals surface area contributed by atoms with Crippen LogP contribution in [-0.4, -0.2) is 22.4 Å². The van der Waals surface area contributed by atoms with Gasteiger partial charge in [0.2, 0.25) is 11.2 Å². The Kier molecular flexibility index (Phi) is 3.23. The summed E-state index contributed by atoms with van der Waals surface area (Å²) in [5.74, 6) is 0.441. The van der Waals surface area contributed by atoms with Crippen molar-refractivity contribution >= 4 is 46.3 Å². The SMILES string of the molecule is Cc1nc(Cl)nc2c1NC(=O)CN2c1cccc(Cl)c1. The van der Waals surface area contributed by atoms with Crippen molar-refractivity contribution in [2.45, 2.75) is 6.92 Å². The van der Waals surface area contributed by atoms with E-state index in [0.717, 1.165) is 5.69 Å². The minimum absolute atomic E-state index is 0.133. The van der Waals surface area contributed by atoms with Crippen LogP contribution in [0, 0.1) is 6.92 Å². The highest BCUT2D eigenvalue weighted by molar-refractivity contribution is 6.31. The smallest absolute Gasteiger partial charge is 0.244 e. The van der Waals surface area contributed by atoms with Crippen molar-refractivity contribution in [3.8, 4) is 0 Å². The van der Waals surface area contributed by atoms with Gasteiger partial charge < -0.3 is 10.2 Å². The lowest BCUT2D eigenvalue weighted by Crippen LogP contribution is -2.36. The van der Waals surface area contributed by atoms with Crippen molar-refractivity contribution in [1.82, 2.24) is 9.97 Å². The van der Waals surface area contributed by atoms with Gasteiger partial charge in [-0.05, 0) is 36.7 Å². The molecule has 0 atom stereocenters. The molecule has 2 aromatic rings. The summed E-state index contributed by atoms with van der Waals surface area (Å²) in [7, 11) is 0. The van der Waals surface area contributed by atoms with Crippen molar-refractivity contribution in [3.63, 3.8) is 0 Å². The Morgan fingerprint density at radius 3 is 2.85 bits per heavy atom. The zero-order chi connectivity index (χ0) is 14.3. The molecule has 1 amide bonds. The largest absolute Gasteiger partial charge is 0.320 e. The van der Waals surface area contributed by atoms with Crippen molar-refractivity contribution in [2.24, 2.45) is 0 Å². The second-order valence-corrected chi connectivity index (χ2v) is 5.17. The predicted molar refractivity (Wildman–Crippen MR) is 78.9 cm³/mol. The molecule has 1 aliphatic heterocycles. The molecular weight excluding hydrogens is 299 g/mol. The quantitative estimate of drug-likeness (QED) is 0.822. The summed E-state index contributed by atoms with van der Waals surface area (Å²) in [6.45, 7) is 1.92. The van der Waals surface area contributed by atoms with Crippen LogP contribution in [-0.2, 0) is 4.79 Å². The fourth-order valence-electron chi connectivity index (χ4n) is 2.12. The number of rotatable bonds is 1. The van der Waals surface area contributed by atoms with E-state index >= 15 is 0 Å². The first-order valence-corrected chi connectivity index (χ1v) is 6.67. The van der Waals surface area contributed by atoms with Crippen LogP contribution in [0.2, 0.25) is 10.3 Å². The number of benzene rings is 1. The highest BCUT2D eigenvalue weighted by Crippen LogP contribution is 2.36. The number of carbonyl (C=O) groups excluding carboxylic acids is 1. The average Bonchev–Trinajstić information content (AvgIpc) is 2.39. The number of fused-ring (bicyclic) bond motifs is 1. The third-order valence-electron chi connectivity index (χ3n) is 2.99. The molecule has 1 aromatic carbocycles. The summed E-state index contributed by atoms with van der Waals surface area (Å²) in [6, 6.07) is 7.22. The van der Waals surface area contributed by atoms with E-state index in [4.69, 9.17) is 23.2 Å². The van der Waals surface area contributed by atoms with Crippen LogP contribution >= 0.6 is 23.2 Å². The molecule has 0 saturated carbocycles. The minimum Gasteiger partial charge on any atom is -0.320 e.